The summed E-state index contributed by atoms with van der Waals surface area (Å²) in [6, 6.07) is 10.5. The number of oxazole rings is 1. The Morgan fingerprint density at radius 1 is 1.10 bits per heavy atom. The lowest BCUT2D eigenvalue weighted by Gasteiger charge is -2.38. The number of nitrogens with one attached hydrogen (secondary N) is 1. The minimum atomic E-state index is -0.687. The van der Waals surface area contributed by atoms with Crippen LogP contribution in [0.1, 0.15) is 38.5 Å². The molecule has 1 aromatic heterocycles. The molecule has 5 rings (SSSR count). The van der Waals surface area contributed by atoms with E-state index in [1.54, 1.807) is 0 Å². The summed E-state index contributed by atoms with van der Waals surface area (Å²) in [5.41, 5.74) is 0.906. The summed E-state index contributed by atoms with van der Waals surface area (Å²) in [7, 11) is 0. The number of fused-ring (bicyclic) bond motifs is 1. The second-order valence-corrected chi connectivity index (χ2v) is 8.96. The Labute approximate surface area is 181 Å². The molecule has 0 unspecified atom stereocenters. The number of nitriles is 1. The summed E-state index contributed by atoms with van der Waals surface area (Å²) in [5.74, 6) is -0.678. The molecule has 3 aliphatic rings. The molecule has 2 saturated carbocycles. The third-order valence-electron chi connectivity index (χ3n) is 6.89. The van der Waals surface area contributed by atoms with Crippen molar-refractivity contribution in [1.29, 1.82) is 5.26 Å². The van der Waals surface area contributed by atoms with Gasteiger partial charge in [0.25, 0.3) is 6.01 Å². The van der Waals surface area contributed by atoms with Crippen LogP contribution in [0.5, 0.6) is 0 Å². The maximum Gasteiger partial charge on any atom is 0.298 e. The highest BCUT2D eigenvalue weighted by molar-refractivity contribution is 5.89. The topological polar surface area (TPSA) is 102 Å². The highest BCUT2D eigenvalue weighted by Crippen LogP contribution is 2.37. The molecule has 8 heteroatoms. The van der Waals surface area contributed by atoms with E-state index in [0.717, 1.165) is 30.4 Å². The number of hydrogen-bond acceptors (Lipinski definition) is 6. The molecule has 2 atom stereocenters. The summed E-state index contributed by atoms with van der Waals surface area (Å²) in [4.78, 5) is 34.7. The summed E-state index contributed by atoms with van der Waals surface area (Å²) in [6.07, 6.45) is 4.78. The molecular weight excluding hydrogens is 394 g/mol. The number of anilines is 1. The van der Waals surface area contributed by atoms with Crippen LogP contribution in [0.25, 0.3) is 11.1 Å². The standard InChI is InChI=1S/C23H27N5O3/c24-15-23(9-10-23)26-20(29)16-5-1-2-6-17(16)21(30)27-11-13-28(14-12-27)22-25-18-7-3-4-8-19(18)31-22/h3-4,7-8,16-17H,1-2,5-6,9-14H2,(H,26,29)/t16-,17-/m1/s1. The Bertz CT molecular complexity index is 996. The van der Waals surface area contributed by atoms with E-state index in [9.17, 15) is 14.9 Å². The molecule has 1 aliphatic heterocycles. The van der Waals surface area contributed by atoms with Gasteiger partial charge in [0.15, 0.2) is 5.58 Å². The fraction of sp³-hybridized carbons (Fsp3) is 0.565. The third kappa shape index (κ3) is 3.85. The van der Waals surface area contributed by atoms with Gasteiger partial charge < -0.3 is 19.5 Å². The summed E-state index contributed by atoms with van der Waals surface area (Å²) in [5, 5.41) is 12.2. The zero-order chi connectivity index (χ0) is 21.4. The van der Waals surface area contributed by atoms with Gasteiger partial charge >= 0.3 is 0 Å². The first-order valence-electron chi connectivity index (χ1n) is 11.2. The first kappa shape index (κ1) is 19.9. The van der Waals surface area contributed by atoms with Gasteiger partial charge in [0.2, 0.25) is 11.8 Å². The fourth-order valence-electron chi connectivity index (χ4n) is 4.81. The zero-order valence-electron chi connectivity index (χ0n) is 17.5. The van der Waals surface area contributed by atoms with Crippen molar-refractivity contribution >= 4 is 28.9 Å². The van der Waals surface area contributed by atoms with Gasteiger partial charge in [-0.2, -0.15) is 10.2 Å². The molecule has 1 aromatic carbocycles. The van der Waals surface area contributed by atoms with Crippen molar-refractivity contribution in [1.82, 2.24) is 15.2 Å². The van der Waals surface area contributed by atoms with E-state index in [1.165, 1.54) is 0 Å². The van der Waals surface area contributed by atoms with Crippen molar-refractivity contribution in [3.63, 3.8) is 0 Å². The number of aromatic nitrogens is 1. The fourth-order valence-corrected chi connectivity index (χ4v) is 4.81. The lowest BCUT2D eigenvalue weighted by molar-refractivity contribution is -0.144. The number of amides is 2. The van der Waals surface area contributed by atoms with Crippen LogP contribution >= 0.6 is 0 Å². The summed E-state index contributed by atoms with van der Waals surface area (Å²) in [6.45, 7) is 2.48. The third-order valence-corrected chi connectivity index (χ3v) is 6.89. The monoisotopic (exact) mass is 421 g/mol. The molecule has 162 valence electrons. The van der Waals surface area contributed by atoms with Crippen LogP contribution in [-0.2, 0) is 9.59 Å². The molecule has 3 fully saturated rings. The number of nitrogens with zero attached hydrogens (tertiary/aromatic N) is 4. The van der Waals surface area contributed by atoms with E-state index in [2.05, 4.69) is 21.3 Å². The number of benzene rings is 1. The highest BCUT2D eigenvalue weighted by Gasteiger charge is 2.47. The molecule has 1 saturated heterocycles. The van der Waals surface area contributed by atoms with Gasteiger partial charge in [0.05, 0.1) is 6.07 Å². The average Bonchev–Trinajstić information content (AvgIpc) is 3.45. The minimum Gasteiger partial charge on any atom is -0.423 e. The van der Waals surface area contributed by atoms with Gasteiger partial charge in [0.1, 0.15) is 11.1 Å². The SMILES string of the molecule is N#CC1(NC(=O)[C@@H]2CCCC[C@H]2C(=O)N2CCN(c3nc4ccccc4o3)CC2)CC1. The molecular formula is C23H27N5O3. The first-order chi connectivity index (χ1) is 15.1. The predicted octanol–water partition coefficient (Wildman–Crippen LogP) is 2.46. The molecule has 2 aromatic rings. The van der Waals surface area contributed by atoms with Gasteiger partial charge in [-0.05, 0) is 37.8 Å². The van der Waals surface area contributed by atoms with Crippen LogP contribution in [0, 0.1) is 23.2 Å². The van der Waals surface area contributed by atoms with Gasteiger partial charge in [0, 0.05) is 38.0 Å². The van der Waals surface area contributed by atoms with Crippen LogP contribution < -0.4 is 10.2 Å². The van der Waals surface area contributed by atoms with E-state index in [0.29, 0.717) is 51.5 Å². The van der Waals surface area contributed by atoms with Crippen molar-refractivity contribution in [3.05, 3.63) is 24.3 Å². The molecule has 2 aliphatic carbocycles. The predicted molar refractivity (Wildman–Crippen MR) is 114 cm³/mol. The lowest BCUT2D eigenvalue weighted by Crippen LogP contribution is -2.53. The van der Waals surface area contributed by atoms with Gasteiger partial charge in [-0.25, -0.2) is 0 Å². The normalized spacial score (nSPS) is 25.1. The molecule has 0 spiro atoms. The Hall–Kier alpha value is -3.08. The van der Waals surface area contributed by atoms with Crippen molar-refractivity contribution in [2.24, 2.45) is 11.8 Å². The second kappa shape index (κ2) is 7.88. The second-order valence-electron chi connectivity index (χ2n) is 8.96. The Morgan fingerprint density at radius 3 is 2.48 bits per heavy atom. The van der Waals surface area contributed by atoms with Gasteiger partial charge in [-0.1, -0.05) is 25.0 Å². The highest BCUT2D eigenvalue weighted by atomic mass is 16.4. The van der Waals surface area contributed by atoms with Crippen molar-refractivity contribution in [2.45, 2.75) is 44.1 Å². The van der Waals surface area contributed by atoms with Gasteiger partial charge in [-0.15, -0.1) is 0 Å². The Kier molecular flexibility index (Phi) is 5.05. The van der Waals surface area contributed by atoms with Crippen molar-refractivity contribution in [3.8, 4) is 6.07 Å². The summed E-state index contributed by atoms with van der Waals surface area (Å²) < 4.78 is 5.86. The lowest BCUT2D eigenvalue weighted by atomic mass is 9.77. The number of carbonyl (C=O) groups is 2. The molecule has 0 bridgehead atoms. The molecule has 1 N–H and O–H groups in total. The molecule has 0 radical (unpaired) electrons. The summed E-state index contributed by atoms with van der Waals surface area (Å²) >= 11 is 0. The minimum absolute atomic E-state index is 0.0684. The maximum absolute atomic E-state index is 13.3. The van der Waals surface area contributed by atoms with Crippen LogP contribution in [0.3, 0.4) is 0 Å². The van der Waals surface area contributed by atoms with Crippen LogP contribution in [0.2, 0.25) is 0 Å². The first-order valence-corrected chi connectivity index (χ1v) is 11.2. The number of para-hydroxylation sites is 2. The van der Waals surface area contributed by atoms with E-state index in [4.69, 9.17) is 4.42 Å². The number of carbonyl (C=O) groups excluding carboxylic acids is 2. The Balaban J connectivity index is 1.22. The molecule has 2 heterocycles. The van der Waals surface area contributed by atoms with E-state index >= 15 is 0 Å². The number of piperazine rings is 1. The van der Waals surface area contributed by atoms with Crippen LogP contribution in [-0.4, -0.2) is 53.4 Å². The zero-order valence-corrected chi connectivity index (χ0v) is 17.5. The van der Waals surface area contributed by atoms with E-state index < -0.39 is 5.54 Å². The van der Waals surface area contributed by atoms with Gasteiger partial charge in [-0.3, -0.25) is 9.59 Å². The number of rotatable bonds is 4. The maximum atomic E-state index is 13.3. The molecule has 31 heavy (non-hydrogen) atoms. The van der Waals surface area contributed by atoms with Crippen LogP contribution in [0.15, 0.2) is 28.7 Å². The molecule has 2 amide bonds. The average molecular weight is 422 g/mol. The smallest absolute Gasteiger partial charge is 0.298 e. The van der Waals surface area contributed by atoms with E-state index in [1.807, 2.05) is 29.2 Å². The van der Waals surface area contributed by atoms with Crippen molar-refractivity contribution < 1.29 is 14.0 Å². The van der Waals surface area contributed by atoms with Crippen molar-refractivity contribution in [2.75, 3.05) is 31.1 Å². The largest absolute Gasteiger partial charge is 0.423 e. The van der Waals surface area contributed by atoms with Crippen LogP contribution in [0.4, 0.5) is 6.01 Å². The number of hydrogen-bond donors (Lipinski definition) is 1. The molecule has 8 nitrogen and oxygen atoms in total. The quantitative estimate of drug-likeness (QED) is 0.814. The Morgan fingerprint density at radius 2 is 1.81 bits per heavy atom. The van der Waals surface area contributed by atoms with E-state index in [-0.39, 0.29) is 23.7 Å².